The van der Waals surface area contributed by atoms with Crippen molar-refractivity contribution in [2.24, 2.45) is 16.5 Å². The van der Waals surface area contributed by atoms with Gasteiger partial charge in [0.15, 0.2) is 5.96 Å². The first-order valence-electron chi connectivity index (χ1n) is 15.8. The number of halogens is 2. The lowest BCUT2D eigenvalue weighted by atomic mass is 9.86. The van der Waals surface area contributed by atoms with Gasteiger partial charge in [0.2, 0.25) is 0 Å². The van der Waals surface area contributed by atoms with Gasteiger partial charge < -0.3 is 22.1 Å². The molecule has 0 aliphatic heterocycles. The van der Waals surface area contributed by atoms with Crippen molar-refractivity contribution in [3.63, 3.8) is 0 Å². The number of rotatable bonds is 17. The molecule has 4 rings (SSSR count). The maximum Gasteiger partial charge on any atom is 0.251 e. The molecule has 0 heterocycles. The van der Waals surface area contributed by atoms with Gasteiger partial charge in [-0.15, -0.1) is 0 Å². The molecular weight excluding hydrogens is 692 g/mol. The van der Waals surface area contributed by atoms with Gasteiger partial charge in [-0.25, -0.2) is 4.39 Å². The van der Waals surface area contributed by atoms with Crippen LogP contribution in [0.3, 0.4) is 0 Å². The number of nitrogens with zero attached hydrogens (tertiary/aromatic N) is 1. The zero-order chi connectivity index (χ0) is 32.9. The van der Waals surface area contributed by atoms with Crippen LogP contribution in [-0.2, 0) is 4.79 Å². The van der Waals surface area contributed by atoms with Crippen molar-refractivity contribution in [2.45, 2.75) is 63.5 Å². The second-order valence-electron chi connectivity index (χ2n) is 11.7. The summed E-state index contributed by atoms with van der Waals surface area (Å²) in [5, 5.41) is 8.70. The summed E-state index contributed by atoms with van der Waals surface area (Å²) in [6.45, 7) is 2.40. The molecule has 4 aromatic rings. The van der Waals surface area contributed by atoms with Crippen LogP contribution in [0.4, 0.5) is 4.39 Å². The summed E-state index contributed by atoms with van der Waals surface area (Å²) in [5.74, 6) is -0.198. The van der Waals surface area contributed by atoms with Crippen LogP contribution in [0.15, 0.2) is 96.0 Å². The fourth-order valence-electron chi connectivity index (χ4n) is 5.74. The average molecular weight is 736 g/mol. The minimum Gasteiger partial charge on any atom is -0.370 e. The highest BCUT2D eigenvalue weighted by Gasteiger charge is 2.21. The molecule has 0 bridgehead atoms. The van der Waals surface area contributed by atoms with E-state index in [0.29, 0.717) is 31.5 Å². The number of hydrogen-bond donors (Lipinski definition) is 4. The topological polar surface area (TPSA) is 123 Å². The predicted molar refractivity (Wildman–Crippen MR) is 193 cm³/mol. The van der Waals surface area contributed by atoms with Crippen molar-refractivity contribution in [3.05, 3.63) is 117 Å². The first-order valence-corrected chi connectivity index (χ1v) is 16.9. The third kappa shape index (κ3) is 10.9. The molecule has 0 radical (unpaired) electrons. The van der Waals surface area contributed by atoms with Gasteiger partial charge in [-0.3, -0.25) is 14.6 Å². The molecule has 1 unspecified atom stereocenters. The Labute approximate surface area is 284 Å². The van der Waals surface area contributed by atoms with E-state index >= 15 is 0 Å². The zero-order valence-corrected chi connectivity index (χ0v) is 28.4. The van der Waals surface area contributed by atoms with E-state index in [9.17, 15) is 14.0 Å². The minimum atomic E-state index is -0.379. The van der Waals surface area contributed by atoms with Gasteiger partial charge in [0.05, 0.1) is 6.04 Å². The number of fused-ring (bicyclic) bond motifs is 1. The number of carbonyl (C=O) groups excluding carboxylic acids is 2. The number of nitrogens with one attached hydrogen (secondary N) is 2. The van der Waals surface area contributed by atoms with E-state index in [1.165, 1.54) is 17.7 Å². The Hall–Kier alpha value is -3.83. The first kappa shape index (κ1) is 35.0. The summed E-state index contributed by atoms with van der Waals surface area (Å²) < 4.78 is 14.9. The average Bonchev–Trinajstić information content (AvgIpc) is 3.05. The highest BCUT2D eigenvalue weighted by atomic mass is 127. The normalized spacial score (nSPS) is 13.1. The molecule has 0 saturated carbocycles. The van der Waals surface area contributed by atoms with Crippen LogP contribution in [0.1, 0.15) is 72.9 Å². The van der Waals surface area contributed by atoms with E-state index in [-0.39, 0.29) is 41.5 Å². The largest absolute Gasteiger partial charge is 0.370 e. The molecule has 9 heteroatoms. The number of ketones is 1. The molecule has 6 N–H and O–H groups in total. The van der Waals surface area contributed by atoms with Gasteiger partial charge in [0, 0.05) is 34.2 Å². The maximum atomic E-state index is 13.7. The highest BCUT2D eigenvalue weighted by molar-refractivity contribution is 14.1. The minimum absolute atomic E-state index is 0.0330. The molecule has 0 spiro atoms. The highest BCUT2D eigenvalue weighted by Crippen LogP contribution is 2.31. The number of guanidine groups is 1. The summed E-state index contributed by atoms with van der Waals surface area (Å²) in [6.07, 6.45) is 4.68. The van der Waals surface area contributed by atoms with E-state index in [4.69, 9.17) is 11.5 Å². The maximum absolute atomic E-state index is 13.7. The van der Waals surface area contributed by atoms with Gasteiger partial charge in [-0.1, -0.05) is 67.4 Å². The van der Waals surface area contributed by atoms with Crippen LogP contribution in [-0.4, -0.2) is 42.8 Å². The molecule has 0 aliphatic rings. The van der Waals surface area contributed by atoms with E-state index in [2.05, 4.69) is 62.5 Å². The molecule has 0 aromatic heterocycles. The fourth-order valence-corrected chi connectivity index (χ4v) is 6.10. The van der Waals surface area contributed by atoms with E-state index in [1.807, 2.05) is 54.6 Å². The standard InChI is InChI=1S/C37H43FIN5O2/c1-25(45)35(11-6-22-42-37(40)41)44-33(24-43-36(46)30-13-12-26-7-2-3-8-29(26)23-30)9-4-5-10-34(27-14-18-31(38)19-15-27)28-16-20-32(39)21-17-28/h2-3,7-8,12-21,23,33-35,44H,4-6,9-11,22,24H2,1H3,(H,43,46)(H4,40,41,42)/t33-,34?,35-/m0/s1. The van der Waals surface area contributed by atoms with Crippen molar-refractivity contribution in [3.8, 4) is 0 Å². The van der Waals surface area contributed by atoms with E-state index in [0.717, 1.165) is 45.6 Å². The first-order chi connectivity index (χ1) is 22.2. The van der Waals surface area contributed by atoms with Crippen molar-refractivity contribution >= 4 is 51.0 Å². The predicted octanol–water partition coefficient (Wildman–Crippen LogP) is 6.68. The van der Waals surface area contributed by atoms with Crippen LogP contribution < -0.4 is 22.1 Å². The lowest BCUT2D eigenvalue weighted by molar-refractivity contribution is -0.119. The Morgan fingerprint density at radius 2 is 1.48 bits per heavy atom. The molecule has 7 nitrogen and oxygen atoms in total. The van der Waals surface area contributed by atoms with Crippen LogP contribution >= 0.6 is 22.6 Å². The fraction of sp³-hybridized carbons (Fsp3) is 0.324. The Morgan fingerprint density at radius 3 is 2.15 bits per heavy atom. The number of hydrogen-bond acceptors (Lipinski definition) is 4. The molecule has 0 aliphatic carbocycles. The van der Waals surface area contributed by atoms with Crippen molar-refractivity contribution < 1.29 is 14.0 Å². The van der Waals surface area contributed by atoms with Crippen molar-refractivity contribution in [1.82, 2.24) is 10.6 Å². The zero-order valence-electron chi connectivity index (χ0n) is 26.2. The number of aliphatic imine (C=N–C) groups is 1. The quantitative estimate of drug-likeness (QED) is 0.0418. The summed E-state index contributed by atoms with van der Waals surface area (Å²) >= 11 is 2.30. The number of unbranched alkanes of at least 4 members (excludes halogenated alkanes) is 1. The monoisotopic (exact) mass is 735 g/mol. The molecule has 0 saturated heterocycles. The summed E-state index contributed by atoms with van der Waals surface area (Å²) in [4.78, 5) is 29.8. The molecule has 46 heavy (non-hydrogen) atoms. The molecule has 3 atom stereocenters. The Balaban J connectivity index is 1.43. The lowest BCUT2D eigenvalue weighted by Crippen LogP contribution is -2.48. The summed E-state index contributed by atoms with van der Waals surface area (Å²) in [7, 11) is 0. The van der Waals surface area contributed by atoms with Gasteiger partial charge in [-0.2, -0.15) is 0 Å². The van der Waals surface area contributed by atoms with E-state index in [1.54, 1.807) is 6.92 Å². The van der Waals surface area contributed by atoms with Crippen molar-refractivity contribution in [1.29, 1.82) is 0 Å². The van der Waals surface area contributed by atoms with Gasteiger partial charge in [0.1, 0.15) is 11.6 Å². The summed E-state index contributed by atoms with van der Waals surface area (Å²) in [5.41, 5.74) is 13.8. The van der Waals surface area contributed by atoms with Gasteiger partial charge >= 0.3 is 0 Å². The van der Waals surface area contributed by atoms with Crippen LogP contribution in [0.25, 0.3) is 10.8 Å². The number of Topliss-reactive ketones (excluding diaryl/α,β-unsaturated/α-hetero) is 1. The summed E-state index contributed by atoms with van der Waals surface area (Å²) in [6, 6.07) is 28.4. The molecule has 242 valence electrons. The van der Waals surface area contributed by atoms with E-state index < -0.39 is 0 Å². The molecule has 0 fully saturated rings. The third-order valence-electron chi connectivity index (χ3n) is 8.23. The van der Waals surface area contributed by atoms with Crippen LogP contribution in [0.5, 0.6) is 0 Å². The molecule has 4 aromatic carbocycles. The van der Waals surface area contributed by atoms with Gasteiger partial charge in [0.25, 0.3) is 5.91 Å². The Kier molecular flexibility index (Phi) is 13.5. The molecular formula is C37H43FIN5O2. The second-order valence-corrected chi connectivity index (χ2v) is 12.9. The Bertz CT molecular complexity index is 1560. The number of nitrogens with two attached hydrogens (primary N) is 2. The second kappa shape index (κ2) is 17.8. The lowest BCUT2D eigenvalue weighted by Gasteiger charge is -2.25. The van der Waals surface area contributed by atoms with Crippen LogP contribution in [0.2, 0.25) is 0 Å². The number of amides is 1. The van der Waals surface area contributed by atoms with Gasteiger partial charge in [-0.05, 0) is 113 Å². The number of carbonyl (C=O) groups is 2. The van der Waals surface area contributed by atoms with Crippen LogP contribution in [0, 0.1) is 9.39 Å². The SMILES string of the molecule is CC(=O)[C@H](CCCN=C(N)N)N[C@@H](CCCCC(c1ccc(F)cc1)c1ccc(I)cc1)CNC(=O)c1ccc2ccccc2c1. The van der Waals surface area contributed by atoms with Crippen molar-refractivity contribution in [2.75, 3.05) is 13.1 Å². The number of benzene rings is 4. The Morgan fingerprint density at radius 1 is 0.826 bits per heavy atom. The smallest absolute Gasteiger partial charge is 0.251 e. The molecule has 1 amide bonds. The third-order valence-corrected chi connectivity index (χ3v) is 8.95.